The van der Waals surface area contributed by atoms with E-state index >= 15 is 0 Å². The maximum Gasteiger partial charge on any atom is 0.309 e. The molecule has 0 saturated carbocycles. The van der Waals surface area contributed by atoms with E-state index in [0.29, 0.717) is 13.0 Å². The minimum Gasteiger partial charge on any atom is -0.481 e. The normalized spacial score (nSPS) is 15.1. The highest BCUT2D eigenvalue weighted by molar-refractivity contribution is 5.81. The van der Waals surface area contributed by atoms with Crippen LogP contribution in [0.1, 0.15) is 40.5 Å². The number of amides is 1. The van der Waals surface area contributed by atoms with Crippen LogP contribution in [0.15, 0.2) is 0 Å². The Hall–Kier alpha value is -1.10. The summed E-state index contributed by atoms with van der Waals surface area (Å²) in [6, 6.07) is -0.520. The highest BCUT2D eigenvalue weighted by Gasteiger charge is 2.27. The number of nitrogens with two attached hydrogens (primary N) is 1. The molecule has 0 aromatic rings. The van der Waals surface area contributed by atoms with E-state index in [4.69, 9.17) is 10.8 Å². The third-order valence-electron chi connectivity index (χ3n) is 3.19. The Morgan fingerprint density at radius 1 is 1.41 bits per heavy atom. The van der Waals surface area contributed by atoms with Gasteiger partial charge in [-0.25, -0.2) is 0 Å². The standard InChI is InChI=1S/C12H24N2O3/c1-5-8(2)9(13)10(15)14-7-6-12(3,4)11(16)17/h8-9H,5-7,13H2,1-4H3,(H,14,15)(H,16,17)/t8-,9-/m0/s1. The molecule has 0 aliphatic heterocycles. The number of carboxylic acids is 1. The minimum atomic E-state index is -0.863. The van der Waals surface area contributed by atoms with Crippen LogP contribution < -0.4 is 11.1 Å². The molecule has 0 fully saturated rings. The number of carboxylic acid groups (broad SMARTS) is 1. The second-order valence-corrected chi connectivity index (χ2v) is 5.14. The van der Waals surface area contributed by atoms with E-state index in [9.17, 15) is 9.59 Å². The van der Waals surface area contributed by atoms with Gasteiger partial charge < -0.3 is 16.2 Å². The lowest BCUT2D eigenvalue weighted by Crippen LogP contribution is -2.45. The lowest BCUT2D eigenvalue weighted by Gasteiger charge is -2.21. The van der Waals surface area contributed by atoms with Crippen molar-refractivity contribution in [2.75, 3.05) is 6.54 Å². The summed E-state index contributed by atoms with van der Waals surface area (Å²) >= 11 is 0. The highest BCUT2D eigenvalue weighted by Crippen LogP contribution is 2.19. The van der Waals surface area contributed by atoms with Crippen LogP contribution in [0, 0.1) is 11.3 Å². The van der Waals surface area contributed by atoms with Crippen molar-refractivity contribution < 1.29 is 14.7 Å². The monoisotopic (exact) mass is 244 g/mol. The molecular weight excluding hydrogens is 220 g/mol. The van der Waals surface area contributed by atoms with E-state index in [2.05, 4.69) is 5.32 Å². The zero-order valence-electron chi connectivity index (χ0n) is 11.1. The molecule has 0 aromatic heterocycles. The first-order valence-electron chi connectivity index (χ1n) is 5.99. The molecule has 1 amide bonds. The summed E-state index contributed by atoms with van der Waals surface area (Å²) in [4.78, 5) is 22.5. The number of hydrogen-bond donors (Lipinski definition) is 3. The van der Waals surface area contributed by atoms with Gasteiger partial charge in [-0.1, -0.05) is 20.3 Å². The van der Waals surface area contributed by atoms with Crippen molar-refractivity contribution in [2.45, 2.75) is 46.6 Å². The molecule has 0 spiro atoms. The summed E-state index contributed by atoms with van der Waals surface area (Å²) in [6.07, 6.45) is 1.23. The molecule has 0 heterocycles. The van der Waals surface area contributed by atoms with Crippen LogP contribution in [0.25, 0.3) is 0 Å². The fourth-order valence-corrected chi connectivity index (χ4v) is 1.24. The number of aliphatic carboxylic acids is 1. The molecule has 5 heteroatoms. The van der Waals surface area contributed by atoms with Crippen LogP contribution in [0.5, 0.6) is 0 Å². The Bertz CT molecular complexity index is 277. The highest BCUT2D eigenvalue weighted by atomic mass is 16.4. The van der Waals surface area contributed by atoms with Gasteiger partial charge in [-0.15, -0.1) is 0 Å². The molecule has 5 nitrogen and oxygen atoms in total. The smallest absolute Gasteiger partial charge is 0.309 e. The van der Waals surface area contributed by atoms with E-state index in [0.717, 1.165) is 6.42 Å². The SMILES string of the molecule is CC[C@H](C)[C@H](N)C(=O)NCCC(C)(C)C(=O)O. The summed E-state index contributed by atoms with van der Waals surface area (Å²) in [5.41, 5.74) is 4.93. The molecule has 2 atom stereocenters. The molecule has 0 rings (SSSR count). The zero-order chi connectivity index (χ0) is 13.6. The van der Waals surface area contributed by atoms with Crippen LogP contribution in [0.2, 0.25) is 0 Å². The summed E-state index contributed by atoms with van der Waals surface area (Å²) in [7, 11) is 0. The number of hydrogen-bond acceptors (Lipinski definition) is 3. The maximum absolute atomic E-state index is 11.6. The second kappa shape index (κ2) is 6.59. The van der Waals surface area contributed by atoms with Crippen LogP contribution >= 0.6 is 0 Å². The van der Waals surface area contributed by atoms with Crippen molar-refractivity contribution in [2.24, 2.45) is 17.1 Å². The molecule has 0 aliphatic rings. The molecule has 0 saturated heterocycles. The van der Waals surface area contributed by atoms with Gasteiger partial charge in [-0.3, -0.25) is 9.59 Å². The van der Waals surface area contributed by atoms with Gasteiger partial charge in [0.05, 0.1) is 11.5 Å². The molecule has 0 aliphatic carbocycles. The van der Waals surface area contributed by atoms with Gasteiger partial charge in [0.25, 0.3) is 0 Å². The number of carbonyl (C=O) groups is 2. The average Bonchev–Trinajstić information content (AvgIpc) is 2.26. The molecule has 0 bridgehead atoms. The van der Waals surface area contributed by atoms with Gasteiger partial charge in [0.2, 0.25) is 5.91 Å². The molecule has 4 N–H and O–H groups in total. The Morgan fingerprint density at radius 3 is 2.35 bits per heavy atom. The second-order valence-electron chi connectivity index (χ2n) is 5.14. The molecule has 0 unspecified atom stereocenters. The third-order valence-corrected chi connectivity index (χ3v) is 3.19. The lowest BCUT2D eigenvalue weighted by molar-refractivity contribution is -0.147. The van der Waals surface area contributed by atoms with E-state index in [-0.39, 0.29) is 11.8 Å². The average molecular weight is 244 g/mol. The van der Waals surface area contributed by atoms with Gasteiger partial charge in [0.1, 0.15) is 0 Å². The molecule has 0 radical (unpaired) electrons. The molecule has 17 heavy (non-hydrogen) atoms. The van der Waals surface area contributed by atoms with Gasteiger partial charge >= 0.3 is 5.97 Å². The first-order valence-corrected chi connectivity index (χ1v) is 5.99. The maximum atomic E-state index is 11.6. The predicted octanol–water partition coefficient (Wildman–Crippen LogP) is 0.977. The van der Waals surface area contributed by atoms with Crippen molar-refractivity contribution in [1.29, 1.82) is 0 Å². The van der Waals surface area contributed by atoms with Crippen LogP contribution in [0.4, 0.5) is 0 Å². The lowest BCUT2D eigenvalue weighted by atomic mass is 9.89. The Kier molecular flexibility index (Phi) is 6.16. The van der Waals surface area contributed by atoms with E-state index in [1.807, 2.05) is 13.8 Å². The Morgan fingerprint density at radius 2 is 1.94 bits per heavy atom. The fourth-order valence-electron chi connectivity index (χ4n) is 1.24. The van der Waals surface area contributed by atoms with Crippen molar-refractivity contribution in [3.05, 3.63) is 0 Å². The Labute approximate surface area is 103 Å². The van der Waals surface area contributed by atoms with Gasteiger partial charge in [-0.2, -0.15) is 0 Å². The van der Waals surface area contributed by atoms with Gasteiger partial charge in [0.15, 0.2) is 0 Å². The zero-order valence-corrected chi connectivity index (χ0v) is 11.1. The van der Waals surface area contributed by atoms with Crippen LogP contribution in [-0.2, 0) is 9.59 Å². The number of rotatable bonds is 7. The van der Waals surface area contributed by atoms with Crippen LogP contribution in [-0.4, -0.2) is 29.6 Å². The van der Waals surface area contributed by atoms with Crippen molar-refractivity contribution >= 4 is 11.9 Å². The van der Waals surface area contributed by atoms with Crippen LogP contribution in [0.3, 0.4) is 0 Å². The van der Waals surface area contributed by atoms with E-state index in [1.54, 1.807) is 13.8 Å². The first kappa shape index (κ1) is 15.9. The summed E-state index contributed by atoms with van der Waals surface area (Å²) in [6.45, 7) is 7.51. The number of carbonyl (C=O) groups excluding carboxylic acids is 1. The molecule has 100 valence electrons. The predicted molar refractivity (Wildman–Crippen MR) is 66.5 cm³/mol. The van der Waals surface area contributed by atoms with Gasteiger partial charge in [0, 0.05) is 6.54 Å². The first-order chi connectivity index (χ1) is 7.72. The molecule has 0 aromatic carbocycles. The summed E-state index contributed by atoms with van der Waals surface area (Å²) in [5, 5.41) is 11.6. The van der Waals surface area contributed by atoms with Crippen molar-refractivity contribution in [1.82, 2.24) is 5.32 Å². The Balaban J connectivity index is 4.06. The van der Waals surface area contributed by atoms with Crippen molar-refractivity contribution in [3.63, 3.8) is 0 Å². The largest absolute Gasteiger partial charge is 0.481 e. The third kappa shape index (κ3) is 5.17. The quantitative estimate of drug-likeness (QED) is 0.622. The van der Waals surface area contributed by atoms with E-state index in [1.165, 1.54) is 0 Å². The number of nitrogens with one attached hydrogen (secondary N) is 1. The topological polar surface area (TPSA) is 92.4 Å². The van der Waals surface area contributed by atoms with E-state index < -0.39 is 17.4 Å². The fraction of sp³-hybridized carbons (Fsp3) is 0.833. The van der Waals surface area contributed by atoms with Gasteiger partial charge in [-0.05, 0) is 26.2 Å². The minimum absolute atomic E-state index is 0.127. The summed E-state index contributed by atoms with van der Waals surface area (Å²) in [5.74, 6) is -0.944. The summed E-state index contributed by atoms with van der Waals surface area (Å²) < 4.78 is 0. The molecular formula is C12H24N2O3. The van der Waals surface area contributed by atoms with Crippen molar-refractivity contribution in [3.8, 4) is 0 Å².